The Hall–Kier alpha value is -1.48. The summed E-state index contributed by atoms with van der Waals surface area (Å²) in [7, 11) is 0. The van der Waals surface area contributed by atoms with E-state index in [0.717, 1.165) is 16.6 Å². The molecule has 0 saturated heterocycles. The number of thiazole rings is 1. The summed E-state index contributed by atoms with van der Waals surface area (Å²) in [4.78, 5) is 5.80. The lowest BCUT2D eigenvalue weighted by molar-refractivity contribution is -0.491. The maximum atomic E-state index is 4.67. The third-order valence-corrected chi connectivity index (χ3v) is 4.40. The van der Waals surface area contributed by atoms with E-state index in [1.54, 1.807) is 11.3 Å². The number of nitrogens with zero attached hydrogens (tertiary/aromatic N) is 2. The molecule has 0 aliphatic heterocycles. The molecule has 2 nitrogen and oxygen atoms in total. The van der Waals surface area contributed by atoms with Crippen LogP contribution in [-0.2, 0) is 0 Å². The molecule has 0 spiro atoms. The van der Waals surface area contributed by atoms with Gasteiger partial charge in [-0.15, -0.1) is 0 Å². The summed E-state index contributed by atoms with van der Waals surface area (Å²) in [6.07, 6.45) is 2.66. The number of benzene rings is 1. The first kappa shape index (κ1) is 9.54. The number of hydrogen-bond donors (Lipinski definition) is 0. The molecule has 1 aliphatic carbocycles. The molecule has 0 bridgehead atoms. The third kappa shape index (κ3) is 1.39. The van der Waals surface area contributed by atoms with Gasteiger partial charge in [-0.1, -0.05) is 12.1 Å². The van der Waals surface area contributed by atoms with Crippen molar-refractivity contribution in [2.45, 2.75) is 25.7 Å². The summed E-state index contributed by atoms with van der Waals surface area (Å²) in [6.45, 7) is 2.09. The second-order valence-electron chi connectivity index (χ2n) is 4.78. The Morgan fingerprint density at radius 1 is 1.29 bits per heavy atom. The summed E-state index contributed by atoms with van der Waals surface area (Å²) >= 11 is 1.79. The van der Waals surface area contributed by atoms with Crippen LogP contribution in [0.3, 0.4) is 0 Å². The third-order valence-electron chi connectivity index (χ3n) is 3.38. The zero-order valence-corrected chi connectivity index (χ0v) is 10.5. The molecule has 3 heteroatoms. The minimum absolute atomic E-state index is 0.752. The van der Waals surface area contributed by atoms with Crippen LogP contribution >= 0.6 is 11.3 Å². The minimum atomic E-state index is 0.752. The smallest absolute Gasteiger partial charge is 0.182 e. The van der Waals surface area contributed by atoms with Gasteiger partial charge in [-0.3, -0.25) is 0 Å². The van der Waals surface area contributed by atoms with Crippen molar-refractivity contribution in [2.24, 2.45) is 0 Å². The van der Waals surface area contributed by atoms with Crippen molar-refractivity contribution in [1.82, 2.24) is 4.98 Å². The highest BCUT2D eigenvalue weighted by molar-refractivity contribution is 7.22. The van der Waals surface area contributed by atoms with E-state index in [1.165, 1.54) is 28.8 Å². The summed E-state index contributed by atoms with van der Waals surface area (Å²) in [5.74, 6) is 0.752. The van der Waals surface area contributed by atoms with Crippen LogP contribution in [0.15, 0.2) is 30.3 Å². The topological polar surface area (TPSA) is 17.0 Å². The molecule has 2 heterocycles. The molecule has 17 heavy (non-hydrogen) atoms. The number of rotatable bonds is 1. The number of fused-ring (bicyclic) bond motifs is 3. The van der Waals surface area contributed by atoms with Gasteiger partial charge in [0.1, 0.15) is 5.69 Å². The number of hydrogen-bond acceptors (Lipinski definition) is 2. The predicted octanol–water partition coefficient (Wildman–Crippen LogP) is 3.22. The van der Waals surface area contributed by atoms with E-state index in [9.17, 15) is 0 Å². The molecule has 1 saturated carbocycles. The Balaban J connectivity index is 2.21. The van der Waals surface area contributed by atoms with Gasteiger partial charge in [0.25, 0.3) is 0 Å². The lowest BCUT2D eigenvalue weighted by Gasteiger charge is -1.97. The van der Waals surface area contributed by atoms with E-state index in [1.807, 2.05) is 0 Å². The number of aryl methyl sites for hydroxylation is 1. The normalized spacial score (nSPS) is 15.8. The predicted molar refractivity (Wildman–Crippen MR) is 69.5 cm³/mol. The van der Waals surface area contributed by atoms with Gasteiger partial charge >= 0.3 is 4.96 Å². The summed E-state index contributed by atoms with van der Waals surface area (Å²) < 4.78 is 3.68. The number of aromatic nitrogens is 2. The van der Waals surface area contributed by atoms with E-state index in [4.69, 9.17) is 0 Å². The van der Waals surface area contributed by atoms with Crippen molar-refractivity contribution in [2.75, 3.05) is 0 Å². The van der Waals surface area contributed by atoms with E-state index in [0.29, 0.717) is 0 Å². The second-order valence-corrected chi connectivity index (χ2v) is 5.79. The van der Waals surface area contributed by atoms with Gasteiger partial charge < -0.3 is 0 Å². The highest BCUT2D eigenvalue weighted by atomic mass is 32.1. The Bertz CT molecular complexity index is 725. The summed E-state index contributed by atoms with van der Waals surface area (Å²) in [5, 5.41) is 0. The van der Waals surface area contributed by atoms with Crippen molar-refractivity contribution < 1.29 is 4.40 Å². The van der Waals surface area contributed by atoms with E-state index in [-0.39, 0.29) is 0 Å². The molecule has 84 valence electrons. The van der Waals surface area contributed by atoms with Gasteiger partial charge in [-0.05, 0) is 41.3 Å². The van der Waals surface area contributed by atoms with Crippen molar-refractivity contribution in [1.29, 1.82) is 0 Å². The van der Waals surface area contributed by atoms with Crippen LogP contribution in [0.25, 0.3) is 15.2 Å². The van der Waals surface area contributed by atoms with Gasteiger partial charge in [0.2, 0.25) is 0 Å². The van der Waals surface area contributed by atoms with Gasteiger partial charge in [-0.2, -0.15) is 4.40 Å². The standard InChI is InChI=1S/C14H13N2S/c1-9-8-12(10-6-7-10)16-11-4-2-3-5-13(11)17-14(16)15-9/h2-5,8,10H,6-7H2,1H3/q+1. The monoisotopic (exact) mass is 241 g/mol. The van der Waals surface area contributed by atoms with Crippen LogP contribution in [0.4, 0.5) is 0 Å². The fourth-order valence-electron chi connectivity index (χ4n) is 2.44. The largest absolute Gasteiger partial charge is 0.388 e. The average molecular weight is 241 g/mol. The fourth-order valence-corrected chi connectivity index (χ4v) is 3.53. The Labute approximate surface area is 104 Å². The molecule has 1 fully saturated rings. The van der Waals surface area contributed by atoms with E-state index < -0.39 is 0 Å². The molecule has 0 N–H and O–H groups in total. The highest BCUT2D eigenvalue weighted by Gasteiger charge is 2.31. The molecular weight excluding hydrogens is 228 g/mol. The molecular formula is C14H13N2S+. The molecule has 1 aromatic carbocycles. The van der Waals surface area contributed by atoms with Crippen molar-refractivity contribution >= 4 is 26.5 Å². The van der Waals surface area contributed by atoms with Crippen LogP contribution in [-0.4, -0.2) is 4.98 Å². The molecule has 0 atom stereocenters. The number of para-hydroxylation sites is 1. The molecule has 0 unspecified atom stereocenters. The minimum Gasteiger partial charge on any atom is -0.182 e. The second kappa shape index (κ2) is 3.26. The Kier molecular flexibility index (Phi) is 1.83. The summed E-state index contributed by atoms with van der Waals surface area (Å²) in [6, 6.07) is 10.8. The lowest BCUT2D eigenvalue weighted by Crippen LogP contribution is -2.26. The maximum Gasteiger partial charge on any atom is 0.388 e. The van der Waals surface area contributed by atoms with Crippen LogP contribution < -0.4 is 4.40 Å². The first-order valence-electron chi connectivity index (χ1n) is 6.04. The van der Waals surface area contributed by atoms with Crippen molar-refractivity contribution in [3.8, 4) is 0 Å². The molecule has 0 amide bonds. The highest BCUT2D eigenvalue weighted by Crippen LogP contribution is 2.39. The van der Waals surface area contributed by atoms with Crippen molar-refractivity contribution in [3.63, 3.8) is 0 Å². The van der Waals surface area contributed by atoms with Crippen LogP contribution in [0.2, 0.25) is 0 Å². The van der Waals surface area contributed by atoms with Crippen LogP contribution in [0, 0.1) is 6.92 Å². The fraction of sp³-hybridized carbons (Fsp3) is 0.286. The molecule has 3 aromatic rings. The van der Waals surface area contributed by atoms with E-state index in [2.05, 4.69) is 46.6 Å². The molecule has 4 rings (SSSR count). The van der Waals surface area contributed by atoms with E-state index >= 15 is 0 Å². The maximum absolute atomic E-state index is 4.67. The van der Waals surface area contributed by atoms with Gasteiger partial charge in [-0.25, -0.2) is 0 Å². The zero-order valence-electron chi connectivity index (χ0n) is 9.68. The summed E-state index contributed by atoms with van der Waals surface area (Å²) in [5.41, 5.74) is 3.89. The first-order chi connectivity index (χ1) is 8.33. The lowest BCUT2D eigenvalue weighted by atomic mass is 10.2. The average Bonchev–Trinajstić information content (AvgIpc) is 3.09. The molecule has 0 radical (unpaired) electrons. The van der Waals surface area contributed by atoms with Gasteiger partial charge in [0, 0.05) is 18.9 Å². The zero-order chi connectivity index (χ0) is 11.4. The SMILES string of the molecule is Cc1cc(C2CC2)[n+]2c(n1)sc1ccccc12. The first-order valence-corrected chi connectivity index (χ1v) is 6.85. The van der Waals surface area contributed by atoms with Crippen LogP contribution in [0.5, 0.6) is 0 Å². The van der Waals surface area contributed by atoms with Gasteiger partial charge in [0.15, 0.2) is 11.2 Å². The quantitative estimate of drug-likeness (QED) is 0.598. The Morgan fingerprint density at radius 3 is 2.94 bits per heavy atom. The molecule has 1 aliphatic rings. The van der Waals surface area contributed by atoms with Crippen LogP contribution in [0.1, 0.15) is 30.1 Å². The van der Waals surface area contributed by atoms with Crippen molar-refractivity contribution in [3.05, 3.63) is 41.7 Å². The van der Waals surface area contributed by atoms with Gasteiger partial charge in [0.05, 0.1) is 4.70 Å². The Morgan fingerprint density at radius 2 is 2.12 bits per heavy atom. The molecule has 2 aromatic heterocycles.